The highest BCUT2D eigenvalue weighted by Crippen LogP contribution is 2.11. The first-order valence-electron chi connectivity index (χ1n) is 9.94. The van der Waals surface area contributed by atoms with E-state index in [4.69, 9.17) is 10.1 Å². The van der Waals surface area contributed by atoms with Gasteiger partial charge in [-0.15, -0.1) is 0 Å². The first kappa shape index (κ1) is 21.8. The molecule has 0 aliphatic heterocycles. The van der Waals surface area contributed by atoms with Crippen molar-refractivity contribution in [3.05, 3.63) is 88.7 Å². The van der Waals surface area contributed by atoms with E-state index in [0.29, 0.717) is 24.2 Å². The molecule has 8 nitrogen and oxygen atoms in total. The topological polar surface area (TPSA) is 109 Å². The van der Waals surface area contributed by atoms with Gasteiger partial charge in [0.2, 0.25) is 0 Å². The third-order valence-electron chi connectivity index (χ3n) is 4.72. The van der Waals surface area contributed by atoms with Crippen molar-refractivity contribution in [3.63, 3.8) is 0 Å². The van der Waals surface area contributed by atoms with Crippen LogP contribution in [-0.2, 0) is 17.8 Å². The average Bonchev–Trinajstić information content (AvgIpc) is 3.13. The van der Waals surface area contributed by atoms with Crippen LogP contribution in [0.15, 0.2) is 60.8 Å². The van der Waals surface area contributed by atoms with Gasteiger partial charge < -0.3 is 10.1 Å². The van der Waals surface area contributed by atoms with Crippen molar-refractivity contribution in [2.45, 2.75) is 26.9 Å². The van der Waals surface area contributed by atoms with E-state index in [1.165, 1.54) is 0 Å². The van der Waals surface area contributed by atoms with Gasteiger partial charge in [0.15, 0.2) is 0 Å². The Morgan fingerprint density at radius 1 is 1.06 bits per heavy atom. The fraction of sp³-hybridized carbons (Fsp3) is 0.217. The molecule has 1 heterocycles. The number of hydrogen-bond donors (Lipinski definition) is 3. The lowest BCUT2D eigenvalue weighted by atomic mass is 10.1. The lowest BCUT2D eigenvalue weighted by Crippen LogP contribution is -2.31. The maximum absolute atomic E-state index is 12.6. The van der Waals surface area contributed by atoms with Crippen molar-refractivity contribution in [1.82, 2.24) is 20.4 Å². The normalized spacial score (nSPS) is 10.4. The summed E-state index contributed by atoms with van der Waals surface area (Å²) in [4.78, 5) is 24.0. The highest BCUT2D eigenvalue weighted by atomic mass is 16.5. The Labute approximate surface area is 180 Å². The number of amides is 2. The number of ether oxygens (including phenoxy) is 1. The summed E-state index contributed by atoms with van der Waals surface area (Å²) >= 11 is 0. The van der Waals surface area contributed by atoms with E-state index in [9.17, 15) is 9.59 Å². The van der Waals surface area contributed by atoms with Crippen LogP contribution in [0.1, 0.15) is 39.7 Å². The molecular formula is C23H25N5O3. The zero-order chi connectivity index (χ0) is 22.2. The van der Waals surface area contributed by atoms with Crippen LogP contribution in [0.25, 0.3) is 0 Å². The van der Waals surface area contributed by atoms with E-state index in [-0.39, 0.29) is 18.3 Å². The summed E-state index contributed by atoms with van der Waals surface area (Å²) in [5.41, 5.74) is 3.86. The Balaban J connectivity index is 1.56. The van der Waals surface area contributed by atoms with Gasteiger partial charge in [-0.05, 0) is 25.0 Å². The molecule has 2 aromatic carbocycles. The van der Waals surface area contributed by atoms with Crippen molar-refractivity contribution in [2.75, 3.05) is 6.61 Å². The average molecular weight is 419 g/mol. The summed E-state index contributed by atoms with van der Waals surface area (Å²) in [6.07, 6.45) is 0.922. The maximum atomic E-state index is 12.6. The number of amidine groups is 1. The van der Waals surface area contributed by atoms with E-state index in [1.54, 1.807) is 42.1 Å². The number of nitrogens with zero attached hydrogens (tertiary/aromatic N) is 2. The van der Waals surface area contributed by atoms with Crippen LogP contribution in [0.5, 0.6) is 0 Å². The van der Waals surface area contributed by atoms with Crippen LogP contribution in [0.2, 0.25) is 0 Å². The van der Waals surface area contributed by atoms with Crippen LogP contribution in [-0.4, -0.2) is 34.2 Å². The molecule has 0 aliphatic carbocycles. The minimum atomic E-state index is -0.660. The van der Waals surface area contributed by atoms with Gasteiger partial charge in [0, 0.05) is 17.8 Å². The molecule has 2 amide bonds. The fourth-order valence-electron chi connectivity index (χ4n) is 2.99. The predicted octanol–water partition coefficient (Wildman–Crippen LogP) is 3.24. The van der Waals surface area contributed by atoms with Gasteiger partial charge in [0.1, 0.15) is 5.84 Å². The smallest absolute Gasteiger partial charge is 0.412 e. The Kier molecular flexibility index (Phi) is 7.16. The molecule has 1 aromatic heterocycles. The number of hydrogen-bond acceptors (Lipinski definition) is 5. The molecule has 3 rings (SSSR count). The number of benzene rings is 2. The lowest BCUT2D eigenvalue weighted by molar-refractivity contribution is 0.0950. The third-order valence-corrected chi connectivity index (χ3v) is 4.72. The molecule has 160 valence electrons. The molecule has 0 unspecified atom stereocenters. The SMILES string of the molecule is CCOC(=O)NC(=N)c1ccc(CNC(=O)c2cnn(Cc3ccccc3)c2C)cc1. The second-order valence-electron chi connectivity index (χ2n) is 6.89. The largest absolute Gasteiger partial charge is 0.450 e. The van der Waals surface area contributed by atoms with Crippen LogP contribution in [0.4, 0.5) is 4.79 Å². The number of carbonyl (C=O) groups is 2. The standard InChI is InChI=1S/C23H25N5O3/c1-3-31-23(30)27-21(24)19-11-9-17(10-12-19)13-25-22(29)20-14-26-28(16(20)2)15-18-7-5-4-6-8-18/h4-12,14H,3,13,15H2,1-2H3,(H,25,29)(H2,24,27,30). The zero-order valence-electron chi connectivity index (χ0n) is 17.5. The molecule has 0 bridgehead atoms. The quantitative estimate of drug-likeness (QED) is 0.403. The number of aromatic nitrogens is 2. The minimum absolute atomic E-state index is 0.0458. The molecule has 3 N–H and O–H groups in total. The first-order chi connectivity index (χ1) is 15.0. The van der Waals surface area contributed by atoms with Crippen molar-refractivity contribution < 1.29 is 14.3 Å². The van der Waals surface area contributed by atoms with Crippen LogP contribution >= 0.6 is 0 Å². The van der Waals surface area contributed by atoms with Crippen molar-refractivity contribution >= 4 is 17.8 Å². The summed E-state index contributed by atoms with van der Waals surface area (Å²) in [5.74, 6) is -0.243. The minimum Gasteiger partial charge on any atom is -0.450 e. The third kappa shape index (κ3) is 5.79. The predicted molar refractivity (Wildman–Crippen MR) is 117 cm³/mol. The molecule has 8 heteroatoms. The summed E-state index contributed by atoms with van der Waals surface area (Å²) in [5, 5.41) is 17.5. The molecule has 0 radical (unpaired) electrons. The summed E-state index contributed by atoms with van der Waals surface area (Å²) in [6, 6.07) is 17.0. The number of alkyl carbamates (subject to hydrolysis) is 1. The van der Waals surface area contributed by atoms with Gasteiger partial charge >= 0.3 is 6.09 Å². The van der Waals surface area contributed by atoms with Gasteiger partial charge in [-0.3, -0.25) is 20.2 Å². The second-order valence-corrected chi connectivity index (χ2v) is 6.89. The Hall–Kier alpha value is -3.94. The van der Waals surface area contributed by atoms with Gasteiger partial charge in [-0.1, -0.05) is 54.6 Å². The van der Waals surface area contributed by atoms with E-state index in [0.717, 1.165) is 16.8 Å². The van der Waals surface area contributed by atoms with Gasteiger partial charge in [-0.25, -0.2) is 4.79 Å². The van der Waals surface area contributed by atoms with Crippen molar-refractivity contribution in [1.29, 1.82) is 5.41 Å². The first-order valence-corrected chi connectivity index (χ1v) is 9.94. The highest BCUT2D eigenvalue weighted by molar-refractivity contribution is 6.04. The number of rotatable bonds is 7. The Morgan fingerprint density at radius 2 is 1.77 bits per heavy atom. The van der Waals surface area contributed by atoms with Crippen molar-refractivity contribution in [3.8, 4) is 0 Å². The van der Waals surface area contributed by atoms with E-state index in [1.807, 2.05) is 37.3 Å². The monoisotopic (exact) mass is 419 g/mol. The second kappa shape index (κ2) is 10.2. The molecule has 31 heavy (non-hydrogen) atoms. The number of carbonyl (C=O) groups excluding carboxylic acids is 2. The lowest BCUT2D eigenvalue weighted by Gasteiger charge is -2.09. The molecular weight excluding hydrogens is 394 g/mol. The highest BCUT2D eigenvalue weighted by Gasteiger charge is 2.14. The van der Waals surface area contributed by atoms with E-state index >= 15 is 0 Å². The van der Waals surface area contributed by atoms with Crippen molar-refractivity contribution in [2.24, 2.45) is 0 Å². The van der Waals surface area contributed by atoms with Crippen LogP contribution in [0, 0.1) is 12.3 Å². The summed E-state index contributed by atoms with van der Waals surface area (Å²) < 4.78 is 6.57. The fourth-order valence-corrected chi connectivity index (χ4v) is 2.99. The molecule has 3 aromatic rings. The van der Waals surface area contributed by atoms with Crippen LogP contribution < -0.4 is 10.6 Å². The molecule has 0 aliphatic rings. The van der Waals surface area contributed by atoms with Gasteiger partial charge in [0.05, 0.1) is 24.9 Å². The van der Waals surface area contributed by atoms with Crippen LogP contribution in [0.3, 0.4) is 0 Å². The Bertz CT molecular complexity index is 1060. The summed E-state index contributed by atoms with van der Waals surface area (Å²) in [7, 11) is 0. The van der Waals surface area contributed by atoms with E-state index in [2.05, 4.69) is 15.7 Å². The molecule has 0 atom stereocenters. The number of nitrogens with one attached hydrogen (secondary N) is 3. The Morgan fingerprint density at radius 3 is 2.45 bits per heavy atom. The molecule has 0 saturated heterocycles. The zero-order valence-corrected chi connectivity index (χ0v) is 17.5. The van der Waals surface area contributed by atoms with E-state index < -0.39 is 6.09 Å². The van der Waals surface area contributed by atoms with Gasteiger partial charge in [0.25, 0.3) is 5.91 Å². The molecule has 0 fully saturated rings. The molecule has 0 spiro atoms. The summed E-state index contributed by atoms with van der Waals surface area (Å²) in [6.45, 7) is 4.75. The molecule has 0 saturated carbocycles. The van der Waals surface area contributed by atoms with Gasteiger partial charge in [-0.2, -0.15) is 5.10 Å². The maximum Gasteiger partial charge on any atom is 0.412 e.